The number of hydrogen-bond donors (Lipinski definition) is 3. The Morgan fingerprint density at radius 1 is 1.16 bits per heavy atom. The zero-order chi connectivity index (χ0) is 28.8. The van der Waals surface area contributed by atoms with Gasteiger partial charge in [-0.05, 0) is 59.7 Å². The number of anilines is 1. The lowest BCUT2D eigenvalue weighted by atomic mass is 9.85. The lowest BCUT2D eigenvalue weighted by Gasteiger charge is -2.22. The number of imidazole rings is 1. The molecular weight excluding hydrogens is 482 g/mol. The summed E-state index contributed by atoms with van der Waals surface area (Å²) >= 11 is 0. The molecule has 3 aromatic rings. The van der Waals surface area contributed by atoms with Crippen LogP contribution in [0.2, 0.25) is 0 Å². The molecule has 0 unspecified atom stereocenters. The molecular formula is C29H37N5O4. The maximum atomic E-state index is 13.1. The number of nitrogens with two attached hydrogens (primary N) is 1. The minimum Gasteiger partial charge on any atom is -0.493 e. The molecule has 1 aromatic heterocycles. The molecule has 0 saturated carbocycles. The summed E-state index contributed by atoms with van der Waals surface area (Å²) < 4.78 is 6.96. The number of nitriles is 1. The Labute approximate surface area is 224 Å². The zero-order valence-electron chi connectivity index (χ0n) is 23.3. The highest BCUT2D eigenvalue weighted by molar-refractivity contribution is 6.05. The number of carbonyl (C=O) groups excluding carboxylic acids is 1. The van der Waals surface area contributed by atoms with Crippen LogP contribution in [0.1, 0.15) is 79.1 Å². The first-order valence-electron chi connectivity index (χ1n) is 12.1. The van der Waals surface area contributed by atoms with Crippen molar-refractivity contribution in [1.82, 2.24) is 9.55 Å². The van der Waals surface area contributed by atoms with Crippen molar-refractivity contribution < 1.29 is 19.4 Å². The van der Waals surface area contributed by atoms with Gasteiger partial charge >= 0.3 is 5.97 Å². The Kier molecular flexibility index (Phi) is 9.43. The number of amides is 1. The van der Waals surface area contributed by atoms with Crippen molar-refractivity contribution in [3.05, 3.63) is 70.8 Å². The monoisotopic (exact) mass is 519 g/mol. The van der Waals surface area contributed by atoms with Crippen molar-refractivity contribution in [2.24, 2.45) is 11.1 Å². The molecule has 0 bridgehead atoms. The minimum absolute atomic E-state index is 0.0907. The number of ether oxygens (including phenoxy) is 1. The van der Waals surface area contributed by atoms with Gasteiger partial charge in [0, 0.05) is 11.8 Å². The molecule has 0 aliphatic rings. The van der Waals surface area contributed by atoms with E-state index >= 15 is 0 Å². The van der Waals surface area contributed by atoms with Gasteiger partial charge in [-0.2, -0.15) is 5.26 Å². The smallest absolute Gasteiger partial charge is 0.356 e. The highest BCUT2D eigenvalue weighted by atomic mass is 16.5. The Morgan fingerprint density at radius 3 is 2.26 bits per heavy atom. The molecule has 0 aliphatic carbocycles. The Balaban J connectivity index is 0.000000757. The fourth-order valence-corrected chi connectivity index (χ4v) is 3.25. The number of methoxy groups -OCH3 is 1. The Hall–Kier alpha value is -4.16. The number of nitrogens with zero attached hydrogens (tertiary/aromatic N) is 3. The largest absolute Gasteiger partial charge is 0.493 e. The first kappa shape index (κ1) is 30.1. The molecule has 0 saturated heterocycles. The topological polar surface area (TPSA) is 143 Å². The van der Waals surface area contributed by atoms with Crippen LogP contribution in [0.5, 0.6) is 5.75 Å². The van der Waals surface area contributed by atoms with E-state index in [0.717, 1.165) is 17.7 Å². The van der Waals surface area contributed by atoms with Gasteiger partial charge in [-0.3, -0.25) is 4.79 Å². The fourth-order valence-electron chi connectivity index (χ4n) is 3.25. The quantitative estimate of drug-likeness (QED) is 0.415. The average Bonchev–Trinajstić information content (AvgIpc) is 3.33. The number of benzene rings is 2. The molecule has 3 rings (SSSR count). The van der Waals surface area contributed by atoms with Crippen molar-refractivity contribution in [2.75, 3.05) is 19.0 Å². The van der Waals surface area contributed by atoms with Gasteiger partial charge in [0.15, 0.2) is 11.4 Å². The summed E-state index contributed by atoms with van der Waals surface area (Å²) in [4.78, 5) is 28.1. The second-order valence-electron chi connectivity index (χ2n) is 11.2. The van der Waals surface area contributed by atoms with E-state index in [-0.39, 0.29) is 11.1 Å². The zero-order valence-corrected chi connectivity index (χ0v) is 23.3. The van der Waals surface area contributed by atoms with Gasteiger partial charge < -0.3 is 25.5 Å². The van der Waals surface area contributed by atoms with Gasteiger partial charge in [-0.25, -0.2) is 9.78 Å². The van der Waals surface area contributed by atoms with E-state index in [1.165, 1.54) is 19.6 Å². The normalized spacial score (nSPS) is 11.2. The van der Waals surface area contributed by atoms with Gasteiger partial charge in [0.25, 0.3) is 5.91 Å². The minimum atomic E-state index is -1.13. The predicted molar refractivity (Wildman–Crippen MR) is 148 cm³/mol. The van der Waals surface area contributed by atoms with Gasteiger partial charge in [0.2, 0.25) is 0 Å². The van der Waals surface area contributed by atoms with Crippen LogP contribution in [-0.4, -0.2) is 40.2 Å². The molecule has 4 N–H and O–H groups in total. The van der Waals surface area contributed by atoms with Crippen LogP contribution in [0.4, 0.5) is 5.69 Å². The number of carboxylic acids is 1. The number of aromatic nitrogens is 2. The molecule has 1 heterocycles. The molecule has 9 heteroatoms. The molecule has 38 heavy (non-hydrogen) atoms. The molecule has 0 radical (unpaired) electrons. The van der Waals surface area contributed by atoms with Gasteiger partial charge in [-0.15, -0.1) is 0 Å². The van der Waals surface area contributed by atoms with Crippen molar-refractivity contribution in [1.29, 1.82) is 5.26 Å². The van der Waals surface area contributed by atoms with Crippen LogP contribution < -0.4 is 15.8 Å². The van der Waals surface area contributed by atoms with E-state index in [2.05, 4.69) is 37.1 Å². The van der Waals surface area contributed by atoms with E-state index in [1.807, 2.05) is 33.8 Å². The van der Waals surface area contributed by atoms with Crippen LogP contribution in [0.25, 0.3) is 5.69 Å². The van der Waals surface area contributed by atoms with Crippen molar-refractivity contribution in [2.45, 2.75) is 53.9 Å². The standard InChI is InChI=1S/C24H24N4O4.C5H13N/c1-14-6-7-15(9-20(14)28-12-19(23(30)31)26-13-28)22(29)27-18-10-17(24(2,3)4)8-16(11-25)21(18)32-5;1-5(2,3)4-6/h6-10,12-13H,1-5H3,(H,27,29)(H,30,31);4,6H2,1-3H3. The molecule has 0 spiro atoms. The number of hydrogen-bond acceptors (Lipinski definition) is 6. The van der Waals surface area contributed by atoms with E-state index in [1.54, 1.807) is 28.8 Å². The van der Waals surface area contributed by atoms with E-state index in [0.29, 0.717) is 33.7 Å². The summed E-state index contributed by atoms with van der Waals surface area (Å²) in [5, 5.41) is 21.5. The summed E-state index contributed by atoms with van der Waals surface area (Å²) in [5.41, 5.74) is 8.75. The third-order valence-corrected chi connectivity index (χ3v) is 5.69. The summed E-state index contributed by atoms with van der Waals surface area (Å²) in [7, 11) is 1.45. The van der Waals surface area contributed by atoms with Crippen molar-refractivity contribution >= 4 is 17.6 Å². The van der Waals surface area contributed by atoms with Crippen molar-refractivity contribution in [3.8, 4) is 17.5 Å². The van der Waals surface area contributed by atoms with Gasteiger partial charge in [0.1, 0.15) is 12.4 Å². The maximum Gasteiger partial charge on any atom is 0.356 e. The van der Waals surface area contributed by atoms with Crippen LogP contribution in [0.3, 0.4) is 0 Å². The molecule has 202 valence electrons. The van der Waals surface area contributed by atoms with E-state index < -0.39 is 11.9 Å². The average molecular weight is 520 g/mol. The maximum absolute atomic E-state index is 13.1. The number of rotatable bonds is 5. The number of aromatic carboxylic acids is 1. The molecule has 1 amide bonds. The van der Waals surface area contributed by atoms with Gasteiger partial charge in [-0.1, -0.05) is 47.6 Å². The van der Waals surface area contributed by atoms with Crippen molar-refractivity contribution in [3.63, 3.8) is 0 Å². The SMILES string of the molecule is CC(C)(C)CN.COc1c(C#N)cc(C(C)(C)C)cc1NC(=O)c1ccc(C)c(-n2cnc(C(=O)O)c2)c1. The van der Waals surface area contributed by atoms with Crippen LogP contribution in [0, 0.1) is 23.7 Å². The first-order chi connectivity index (χ1) is 17.6. The number of carboxylic acid groups (broad SMARTS) is 1. The highest BCUT2D eigenvalue weighted by Crippen LogP contribution is 2.35. The molecule has 9 nitrogen and oxygen atoms in total. The van der Waals surface area contributed by atoms with E-state index in [4.69, 9.17) is 15.6 Å². The van der Waals surface area contributed by atoms with E-state index in [9.17, 15) is 14.9 Å². The Bertz CT molecular complexity index is 1350. The summed E-state index contributed by atoms with van der Waals surface area (Å²) in [6, 6.07) is 10.8. The second kappa shape index (κ2) is 11.9. The summed E-state index contributed by atoms with van der Waals surface area (Å²) in [6.45, 7) is 15.0. The molecule has 0 atom stereocenters. The fraction of sp³-hybridized carbons (Fsp3) is 0.379. The lowest BCUT2D eigenvalue weighted by molar-refractivity contribution is 0.0690. The Morgan fingerprint density at radius 2 is 1.79 bits per heavy atom. The van der Waals surface area contributed by atoms with Gasteiger partial charge in [0.05, 0.1) is 24.0 Å². The first-order valence-corrected chi connectivity index (χ1v) is 12.1. The third-order valence-electron chi connectivity index (χ3n) is 5.69. The number of nitrogens with one attached hydrogen (secondary N) is 1. The second-order valence-corrected chi connectivity index (χ2v) is 11.2. The summed E-state index contributed by atoms with van der Waals surface area (Å²) in [6.07, 6.45) is 2.78. The molecule has 2 aromatic carbocycles. The number of carbonyl (C=O) groups is 2. The predicted octanol–water partition coefficient (Wildman–Crippen LogP) is 5.30. The highest BCUT2D eigenvalue weighted by Gasteiger charge is 2.21. The summed E-state index contributed by atoms with van der Waals surface area (Å²) in [5.74, 6) is -1.23. The van der Waals surface area contributed by atoms with Crippen LogP contribution in [0.15, 0.2) is 42.9 Å². The molecule has 0 aliphatic heterocycles. The molecule has 0 fully saturated rings. The van der Waals surface area contributed by atoms with Crippen LogP contribution in [-0.2, 0) is 5.41 Å². The van der Waals surface area contributed by atoms with Crippen LogP contribution >= 0.6 is 0 Å². The lowest BCUT2D eigenvalue weighted by Crippen LogP contribution is -2.18. The number of aryl methyl sites for hydroxylation is 1. The third kappa shape index (κ3) is 7.67.